The van der Waals surface area contributed by atoms with Gasteiger partial charge in [0.25, 0.3) is 0 Å². The first-order valence-electron chi connectivity index (χ1n) is 10.3. The molecule has 1 aliphatic heterocycles. The van der Waals surface area contributed by atoms with Gasteiger partial charge >= 0.3 is 6.03 Å². The number of fused-ring (bicyclic) bond motifs is 2. The smallest absolute Gasteiger partial charge is 0.304 e. The van der Waals surface area contributed by atoms with E-state index in [1.807, 2.05) is 10.7 Å². The second-order valence-corrected chi connectivity index (χ2v) is 8.23. The van der Waals surface area contributed by atoms with Crippen molar-refractivity contribution in [2.24, 2.45) is 5.92 Å². The minimum atomic E-state index is -0.759. The number of urea groups is 1. The molecular formula is C22H21F2N7O. The number of benzene rings is 1. The van der Waals surface area contributed by atoms with Crippen molar-refractivity contribution in [1.82, 2.24) is 25.0 Å². The first kappa shape index (κ1) is 20.1. The fraction of sp³-hybridized carbons (Fsp3) is 0.273. The van der Waals surface area contributed by atoms with Gasteiger partial charge in [-0.1, -0.05) is 13.8 Å². The summed E-state index contributed by atoms with van der Waals surface area (Å²) in [5.74, 6) is -0.988. The van der Waals surface area contributed by atoms with Crippen LogP contribution in [0.5, 0.6) is 0 Å². The predicted molar refractivity (Wildman–Crippen MR) is 116 cm³/mol. The zero-order chi connectivity index (χ0) is 22.4. The number of nitrogens with zero attached hydrogens (tertiary/aromatic N) is 5. The molecule has 0 fully saturated rings. The Balaban J connectivity index is 1.43. The fourth-order valence-electron chi connectivity index (χ4n) is 4.02. The van der Waals surface area contributed by atoms with E-state index in [0.717, 1.165) is 23.5 Å². The Morgan fingerprint density at radius 1 is 1.22 bits per heavy atom. The van der Waals surface area contributed by atoms with Crippen molar-refractivity contribution in [3.63, 3.8) is 0 Å². The summed E-state index contributed by atoms with van der Waals surface area (Å²) >= 11 is 0. The lowest BCUT2D eigenvalue weighted by atomic mass is 10.1. The van der Waals surface area contributed by atoms with Crippen molar-refractivity contribution in [2.75, 3.05) is 16.8 Å². The Morgan fingerprint density at radius 2 is 2.06 bits per heavy atom. The van der Waals surface area contributed by atoms with Crippen LogP contribution in [0, 0.1) is 17.6 Å². The molecule has 0 spiro atoms. The quantitative estimate of drug-likeness (QED) is 0.497. The van der Waals surface area contributed by atoms with E-state index >= 15 is 0 Å². The minimum absolute atomic E-state index is 0.103. The highest BCUT2D eigenvalue weighted by Crippen LogP contribution is 2.33. The van der Waals surface area contributed by atoms with Gasteiger partial charge in [-0.25, -0.2) is 13.6 Å². The highest BCUT2D eigenvalue weighted by atomic mass is 19.1. The van der Waals surface area contributed by atoms with Crippen molar-refractivity contribution in [3.05, 3.63) is 54.0 Å². The average molecular weight is 437 g/mol. The maximum atomic E-state index is 14.3. The lowest BCUT2D eigenvalue weighted by molar-refractivity contribution is 0.257. The zero-order valence-corrected chi connectivity index (χ0v) is 17.6. The highest BCUT2D eigenvalue weighted by molar-refractivity contribution is 6.04. The molecule has 0 atom stereocenters. The van der Waals surface area contributed by atoms with E-state index in [0.29, 0.717) is 35.0 Å². The molecule has 164 valence electrons. The number of H-pyrrole nitrogens is 1. The number of anilines is 2. The van der Waals surface area contributed by atoms with Crippen LogP contribution in [-0.2, 0) is 13.0 Å². The molecule has 3 aromatic heterocycles. The number of halogens is 2. The van der Waals surface area contributed by atoms with Crippen LogP contribution in [-0.4, -0.2) is 37.5 Å². The van der Waals surface area contributed by atoms with E-state index in [1.54, 1.807) is 12.4 Å². The summed E-state index contributed by atoms with van der Waals surface area (Å²) in [6.07, 6.45) is 5.35. The number of aromatic nitrogens is 5. The van der Waals surface area contributed by atoms with Gasteiger partial charge < -0.3 is 5.32 Å². The van der Waals surface area contributed by atoms with Crippen LogP contribution in [0.3, 0.4) is 0 Å². The maximum absolute atomic E-state index is 14.3. The second kappa shape index (κ2) is 7.70. The van der Waals surface area contributed by atoms with E-state index < -0.39 is 17.7 Å². The third-order valence-electron chi connectivity index (χ3n) is 5.43. The Bertz CT molecular complexity index is 1330. The maximum Gasteiger partial charge on any atom is 0.326 e. The predicted octanol–water partition coefficient (Wildman–Crippen LogP) is 4.35. The summed E-state index contributed by atoms with van der Waals surface area (Å²) in [6.45, 7) is 5.26. The summed E-state index contributed by atoms with van der Waals surface area (Å²) in [6, 6.07) is 3.41. The topological polar surface area (TPSA) is 91.7 Å². The Labute approximate surface area is 182 Å². The van der Waals surface area contributed by atoms with Gasteiger partial charge in [-0.05, 0) is 30.0 Å². The molecule has 10 heteroatoms. The molecule has 0 radical (unpaired) electrons. The van der Waals surface area contributed by atoms with Gasteiger partial charge in [0.15, 0.2) is 0 Å². The van der Waals surface area contributed by atoms with Crippen LogP contribution in [0.25, 0.3) is 22.3 Å². The van der Waals surface area contributed by atoms with Crippen LogP contribution in [0.4, 0.5) is 25.0 Å². The van der Waals surface area contributed by atoms with Crippen molar-refractivity contribution in [3.8, 4) is 11.4 Å². The van der Waals surface area contributed by atoms with Gasteiger partial charge in [-0.3, -0.25) is 19.7 Å². The summed E-state index contributed by atoms with van der Waals surface area (Å²) in [7, 11) is 0. The van der Waals surface area contributed by atoms with Gasteiger partial charge in [-0.2, -0.15) is 10.2 Å². The Kier molecular flexibility index (Phi) is 4.84. The molecule has 32 heavy (non-hydrogen) atoms. The molecule has 0 unspecified atom stereocenters. The van der Waals surface area contributed by atoms with Gasteiger partial charge in [-0.15, -0.1) is 0 Å². The van der Waals surface area contributed by atoms with Crippen LogP contribution < -0.4 is 10.2 Å². The lowest BCUT2D eigenvalue weighted by Gasteiger charge is -2.18. The molecule has 0 saturated carbocycles. The monoisotopic (exact) mass is 437 g/mol. The second-order valence-electron chi connectivity index (χ2n) is 8.23. The molecule has 0 aliphatic carbocycles. The molecule has 1 aromatic carbocycles. The average Bonchev–Trinajstić information content (AvgIpc) is 3.46. The van der Waals surface area contributed by atoms with Crippen LogP contribution in [0.1, 0.15) is 19.4 Å². The highest BCUT2D eigenvalue weighted by Gasteiger charge is 2.29. The molecule has 4 aromatic rings. The Hall–Kier alpha value is -3.82. The first-order valence-corrected chi connectivity index (χ1v) is 10.3. The van der Waals surface area contributed by atoms with Crippen molar-refractivity contribution >= 4 is 28.3 Å². The minimum Gasteiger partial charge on any atom is -0.304 e. The molecule has 2 amide bonds. The number of aromatic amines is 1. The van der Waals surface area contributed by atoms with Gasteiger partial charge in [0.2, 0.25) is 0 Å². The lowest BCUT2D eigenvalue weighted by Crippen LogP contribution is -2.34. The third-order valence-corrected chi connectivity index (χ3v) is 5.43. The Morgan fingerprint density at radius 3 is 2.88 bits per heavy atom. The van der Waals surface area contributed by atoms with E-state index in [-0.39, 0.29) is 12.2 Å². The number of amides is 2. The molecule has 8 nitrogen and oxygen atoms in total. The molecule has 4 heterocycles. The number of nitrogens with one attached hydrogen (secondary N) is 2. The first-order chi connectivity index (χ1) is 15.4. The molecule has 0 saturated heterocycles. The van der Waals surface area contributed by atoms with Gasteiger partial charge in [0, 0.05) is 30.7 Å². The number of hydrogen-bond acceptors (Lipinski definition) is 4. The summed E-state index contributed by atoms with van der Waals surface area (Å²) < 4.78 is 29.8. The van der Waals surface area contributed by atoms with E-state index in [2.05, 4.69) is 39.4 Å². The number of pyridine rings is 1. The SMILES string of the molecule is CC(C)Cn1ncc2cnc(-c3[nH]ncc3NC(=O)N3CCc4cc(F)cc(F)c43)cc21. The summed E-state index contributed by atoms with van der Waals surface area (Å²) in [5, 5.41) is 15.0. The van der Waals surface area contributed by atoms with Gasteiger partial charge in [0.1, 0.15) is 17.3 Å². The molecule has 5 rings (SSSR count). The number of hydrogen-bond donors (Lipinski definition) is 2. The van der Waals surface area contributed by atoms with E-state index in [1.165, 1.54) is 17.2 Å². The van der Waals surface area contributed by atoms with E-state index in [9.17, 15) is 13.6 Å². The van der Waals surface area contributed by atoms with Crippen molar-refractivity contribution < 1.29 is 13.6 Å². The number of rotatable bonds is 4. The van der Waals surface area contributed by atoms with E-state index in [4.69, 9.17) is 0 Å². The third kappa shape index (κ3) is 3.47. The van der Waals surface area contributed by atoms with Crippen LogP contribution >= 0.6 is 0 Å². The number of carbonyl (C=O) groups excluding carboxylic acids is 1. The molecule has 2 N–H and O–H groups in total. The summed E-state index contributed by atoms with van der Waals surface area (Å²) in [5.41, 5.74) is 3.02. The molecular weight excluding hydrogens is 416 g/mol. The standard InChI is InChI=1S/C22H21F2N7O/c1-12(2)11-31-19-7-17(25-8-14(19)9-27-31)20-18(10-26-29-20)28-22(32)30-4-3-13-5-15(23)6-16(24)21(13)30/h5-10,12H,3-4,11H2,1-2H3,(H,26,29)(H,28,32). The summed E-state index contributed by atoms with van der Waals surface area (Å²) in [4.78, 5) is 18.7. The van der Waals surface area contributed by atoms with Crippen molar-refractivity contribution in [1.29, 1.82) is 0 Å². The molecule has 1 aliphatic rings. The largest absolute Gasteiger partial charge is 0.326 e. The van der Waals surface area contributed by atoms with Crippen LogP contribution in [0.2, 0.25) is 0 Å². The van der Waals surface area contributed by atoms with Gasteiger partial charge in [0.05, 0.1) is 35.0 Å². The van der Waals surface area contributed by atoms with Crippen LogP contribution in [0.15, 0.2) is 36.8 Å². The normalized spacial score (nSPS) is 13.2. The fourth-order valence-corrected chi connectivity index (χ4v) is 4.02. The van der Waals surface area contributed by atoms with Crippen molar-refractivity contribution in [2.45, 2.75) is 26.8 Å². The molecule has 0 bridgehead atoms. The number of carbonyl (C=O) groups is 1. The zero-order valence-electron chi connectivity index (χ0n) is 17.6.